The number of aromatic carboxylic acids is 1. The third-order valence-electron chi connectivity index (χ3n) is 2.58. The molecule has 6 heteroatoms. The first-order chi connectivity index (χ1) is 8.54. The molecule has 18 heavy (non-hydrogen) atoms. The highest BCUT2D eigenvalue weighted by Crippen LogP contribution is 2.20. The van der Waals surface area contributed by atoms with Gasteiger partial charge in [0.05, 0.1) is 22.6 Å². The van der Waals surface area contributed by atoms with Crippen LogP contribution in [0.3, 0.4) is 0 Å². The van der Waals surface area contributed by atoms with Crippen molar-refractivity contribution in [2.24, 2.45) is 0 Å². The van der Waals surface area contributed by atoms with Gasteiger partial charge in [-0.05, 0) is 18.6 Å². The van der Waals surface area contributed by atoms with E-state index >= 15 is 0 Å². The van der Waals surface area contributed by atoms with E-state index in [9.17, 15) is 9.18 Å². The van der Waals surface area contributed by atoms with Crippen molar-refractivity contribution in [1.82, 2.24) is 9.78 Å². The average molecular weight is 269 g/mol. The third kappa shape index (κ3) is 2.09. The van der Waals surface area contributed by atoms with Gasteiger partial charge in [0.2, 0.25) is 0 Å². The van der Waals surface area contributed by atoms with E-state index < -0.39 is 11.8 Å². The second-order valence-corrected chi connectivity index (χ2v) is 4.08. The number of nitrogens with zero attached hydrogens (tertiary/aromatic N) is 2. The summed E-state index contributed by atoms with van der Waals surface area (Å²) in [7, 11) is 0. The Morgan fingerprint density at radius 1 is 1.56 bits per heavy atom. The quantitative estimate of drug-likeness (QED) is 0.931. The van der Waals surface area contributed by atoms with Gasteiger partial charge in [0.25, 0.3) is 0 Å². The second-order valence-electron chi connectivity index (χ2n) is 3.67. The second kappa shape index (κ2) is 4.78. The van der Waals surface area contributed by atoms with E-state index in [2.05, 4.69) is 5.10 Å². The van der Waals surface area contributed by atoms with Gasteiger partial charge >= 0.3 is 5.97 Å². The zero-order valence-corrected chi connectivity index (χ0v) is 10.3. The van der Waals surface area contributed by atoms with Gasteiger partial charge in [-0.25, -0.2) is 13.9 Å². The van der Waals surface area contributed by atoms with Gasteiger partial charge in [0, 0.05) is 6.07 Å². The highest BCUT2D eigenvalue weighted by atomic mass is 35.5. The average Bonchev–Trinajstić information content (AvgIpc) is 2.76. The summed E-state index contributed by atoms with van der Waals surface area (Å²) in [5.74, 6) is -1.61. The Bertz CT molecular complexity index is 610. The minimum atomic E-state index is -1.05. The number of carbonyl (C=O) groups is 1. The lowest BCUT2D eigenvalue weighted by Crippen LogP contribution is -2.05. The monoisotopic (exact) mass is 268 g/mol. The topological polar surface area (TPSA) is 55.1 Å². The summed E-state index contributed by atoms with van der Waals surface area (Å²) in [4.78, 5) is 11.0. The van der Waals surface area contributed by atoms with Crippen LogP contribution in [0, 0.1) is 5.82 Å². The van der Waals surface area contributed by atoms with Crippen molar-refractivity contribution in [2.75, 3.05) is 0 Å². The molecule has 0 saturated carbocycles. The molecule has 1 aromatic carbocycles. The van der Waals surface area contributed by atoms with E-state index in [0.29, 0.717) is 17.8 Å². The van der Waals surface area contributed by atoms with Gasteiger partial charge < -0.3 is 5.11 Å². The highest BCUT2D eigenvalue weighted by Gasteiger charge is 2.16. The van der Waals surface area contributed by atoms with Crippen LogP contribution in [0.4, 0.5) is 4.39 Å². The van der Waals surface area contributed by atoms with Crippen LogP contribution in [0.15, 0.2) is 24.4 Å². The summed E-state index contributed by atoms with van der Waals surface area (Å²) in [6.07, 6.45) is 1.74. The minimum Gasteiger partial charge on any atom is -0.478 e. The van der Waals surface area contributed by atoms with E-state index in [-0.39, 0.29) is 10.6 Å². The smallest absolute Gasteiger partial charge is 0.339 e. The van der Waals surface area contributed by atoms with E-state index in [1.54, 1.807) is 6.07 Å². The maximum atomic E-state index is 13.4. The van der Waals surface area contributed by atoms with Crippen LogP contribution in [0.1, 0.15) is 23.0 Å². The number of hydrogen-bond donors (Lipinski definition) is 1. The molecule has 0 amide bonds. The fourth-order valence-corrected chi connectivity index (χ4v) is 1.85. The van der Waals surface area contributed by atoms with Crippen molar-refractivity contribution in [1.29, 1.82) is 0 Å². The lowest BCUT2D eigenvalue weighted by molar-refractivity contribution is 0.0695. The maximum absolute atomic E-state index is 13.4. The number of benzene rings is 1. The van der Waals surface area contributed by atoms with Crippen LogP contribution in [-0.2, 0) is 6.42 Å². The Hall–Kier alpha value is -1.88. The molecule has 1 aromatic heterocycles. The molecule has 0 unspecified atom stereocenters. The molecule has 0 radical (unpaired) electrons. The Morgan fingerprint density at radius 2 is 2.28 bits per heavy atom. The number of hydrogen-bond acceptors (Lipinski definition) is 2. The number of aromatic nitrogens is 2. The van der Waals surface area contributed by atoms with Gasteiger partial charge in [-0.15, -0.1) is 0 Å². The van der Waals surface area contributed by atoms with Crippen LogP contribution in [0.2, 0.25) is 5.02 Å². The van der Waals surface area contributed by atoms with Crippen LogP contribution in [-0.4, -0.2) is 20.9 Å². The van der Waals surface area contributed by atoms with E-state index in [1.165, 1.54) is 23.0 Å². The van der Waals surface area contributed by atoms with Gasteiger partial charge in [-0.3, -0.25) is 0 Å². The molecule has 0 bridgehead atoms. The molecule has 0 aliphatic rings. The summed E-state index contributed by atoms with van der Waals surface area (Å²) < 4.78 is 14.8. The fourth-order valence-electron chi connectivity index (χ4n) is 1.73. The van der Waals surface area contributed by atoms with Crippen molar-refractivity contribution in [3.8, 4) is 5.69 Å². The molecule has 0 fully saturated rings. The first-order valence-electron chi connectivity index (χ1n) is 5.30. The minimum absolute atomic E-state index is 0.0161. The molecular formula is C12H10ClFN2O2. The normalized spacial score (nSPS) is 10.6. The lowest BCUT2D eigenvalue weighted by Gasteiger charge is -2.07. The molecule has 1 N–H and O–H groups in total. The molecule has 0 atom stereocenters. The first-order valence-corrected chi connectivity index (χ1v) is 5.68. The Kier molecular flexibility index (Phi) is 3.34. The van der Waals surface area contributed by atoms with E-state index in [1.807, 2.05) is 6.92 Å². The Morgan fingerprint density at radius 3 is 2.83 bits per heavy atom. The largest absolute Gasteiger partial charge is 0.478 e. The van der Waals surface area contributed by atoms with E-state index in [0.717, 1.165) is 0 Å². The van der Waals surface area contributed by atoms with E-state index in [4.69, 9.17) is 16.7 Å². The summed E-state index contributed by atoms with van der Waals surface area (Å²) >= 11 is 5.60. The zero-order chi connectivity index (χ0) is 13.3. The van der Waals surface area contributed by atoms with Crippen molar-refractivity contribution >= 4 is 17.6 Å². The summed E-state index contributed by atoms with van der Waals surface area (Å²) in [5.41, 5.74) is 1.08. The maximum Gasteiger partial charge on any atom is 0.339 e. The highest BCUT2D eigenvalue weighted by molar-refractivity contribution is 6.30. The predicted molar refractivity (Wildman–Crippen MR) is 64.9 cm³/mol. The van der Waals surface area contributed by atoms with Crippen LogP contribution in [0.5, 0.6) is 0 Å². The van der Waals surface area contributed by atoms with Gasteiger partial charge in [0.15, 0.2) is 0 Å². The Labute approximate surface area is 108 Å². The number of rotatable bonds is 3. The zero-order valence-electron chi connectivity index (χ0n) is 9.52. The van der Waals surface area contributed by atoms with Gasteiger partial charge in [-0.2, -0.15) is 5.10 Å². The van der Waals surface area contributed by atoms with Crippen molar-refractivity contribution in [3.05, 3.63) is 46.5 Å². The van der Waals surface area contributed by atoms with Gasteiger partial charge in [0.1, 0.15) is 11.4 Å². The summed E-state index contributed by atoms with van der Waals surface area (Å²) in [6, 6.07) is 4.22. The van der Waals surface area contributed by atoms with Crippen LogP contribution in [0.25, 0.3) is 5.69 Å². The number of halogens is 2. The standard InChI is InChI=1S/C12H10ClFN2O2/c1-2-11-8(12(17)18)6-15-16(11)7-3-4-9(13)10(14)5-7/h3-6H,2H2,1H3,(H,17,18). The van der Waals surface area contributed by atoms with Crippen molar-refractivity contribution < 1.29 is 14.3 Å². The van der Waals surface area contributed by atoms with Crippen molar-refractivity contribution in [2.45, 2.75) is 13.3 Å². The molecular weight excluding hydrogens is 259 g/mol. The summed E-state index contributed by atoms with van der Waals surface area (Å²) in [5, 5.41) is 13.0. The van der Waals surface area contributed by atoms with Crippen LogP contribution < -0.4 is 0 Å². The number of carboxylic acid groups (broad SMARTS) is 1. The Balaban J connectivity index is 2.57. The first kappa shape index (κ1) is 12.6. The third-order valence-corrected chi connectivity index (χ3v) is 2.89. The molecule has 1 heterocycles. The molecule has 0 aliphatic heterocycles. The molecule has 4 nitrogen and oxygen atoms in total. The lowest BCUT2D eigenvalue weighted by atomic mass is 10.2. The fraction of sp³-hybridized carbons (Fsp3) is 0.167. The molecule has 2 rings (SSSR count). The molecule has 94 valence electrons. The molecule has 0 aliphatic carbocycles. The van der Waals surface area contributed by atoms with Crippen LogP contribution >= 0.6 is 11.6 Å². The molecule has 2 aromatic rings. The van der Waals surface area contributed by atoms with Gasteiger partial charge in [-0.1, -0.05) is 18.5 Å². The number of carboxylic acids is 1. The molecule has 0 spiro atoms. The predicted octanol–water partition coefficient (Wildman–Crippen LogP) is 2.93. The summed E-state index contributed by atoms with van der Waals surface area (Å²) in [6.45, 7) is 1.81. The molecule has 0 saturated heterocycles. The van der Waals surface area contributed by atoms with Crippen molar-refractivity contribution in [3.63, 3.8) is 0 Å². The SMILES string of the molecule is CCc1c(C(=O)O)cnn1-c1ccc(Cl)c(F)c1.